The number of hydrogen-bond donors (Lipinski definition) is 2. The molecule has 0 saturated carbocycles. The lowest BCUT2D eigenvalue weighted by Gasteiger charge is -2.29. The average Bonchev–Trinajstić information content (AvgIpc) is 2.60. The van der Waals surface area contributed by atoms with Crippen LogP contribution in [-0.4, -0.2) is 66.5 Å². The fourth-order valence-corrected chi connectivity index (χ4v) is 2.73. The highest BCUT2D eigenvalue weighted by Gasteiger charge is 2.14. The zero-order valence-corrected chi connectivity index (χ0v) is 16.5. The summed E-state index contributed by atoms with van der Waals surface area (Å²) in [6.45, 7) is 7.88. The number of benzene rings is 1. The first-order chi connectivity index (χ1) is 12.4. The molecular weight excluding hydrogens is 406 g/mol. The smallest absolute Gasteiger partial charge is 0.414 e. The van der Waals surface area contributed by atoms with E-state index in [0.29, 0.717) is 13.2 Å². The number of nitrogens with zero attached hydrogens (tertiary/aromatic N) is 1. The van der Waals surface area contributed by atoms with E-state index in [4.69, 9.17) is 29.3 Å². The van der Waals surface area contributed by atoms with Crippen molar-refractivity contribution in [2.45, 2.75) is 19.8 Å². The molecule has 1 heterocycles. The quantitative estimate of drug-likeness (QED) is 0.505. The van der Waals surface area contributed by atoms with Gasteiger partial charge in [0.25, 0.3) is 0 Å². The minimum atomic E-state index is -1.82. The molecule has 1 aliphatic heterocycles. The molecule has 1 aromatic carbocycles. The van der Waals surface area contributed by atoms with Crippen molar-refractivity contribution < 1.29 is 29.3 Å². The molecule has 0 amide bonds. The third-order valence-corrected chi connectivity index (χ3v) is 4.40. The van der Waals surface area contributed by atoms with Crippen LogP contribution < -0.4 is 4.74 Å². The number of aliphatic carboxylic acids is 2. The summed E-state index contributed by atoms with van der Waals surface area (Å²) in [6.07, 6.45) is 2.65. The van der Waals surface area contributed by atoms with Crippen molar-refractivity contribution in [3.8, 4) is 5.75 Å². The van der Waals surface area contributed by atoms with Crippen molar-refractivity contribution in [2.75, 3.05) is 39.5 Å². The van der Waals surface area contributed by atoms with Gasteiger partial charge in [-0.2, -0.15) is 0 Å². The van der Waals surface area contributed by atoms with Crippen molar-refractivity contribution >= 4 is 27.9 Å². The molecule has 0 unspecified atom stereocenters. The summed E-state index contributed by atoms with van der Waals surface area (Å²) in [5.41, 5.74) is 0. The Labute approximate surface area is 162 Å². The van der Waals surface area contributed by atoms with E-state index in [1.54, 1.807) is 0 Å². The lowest BCUT2D eigenvalue weighted by molar-refractivity contribution is -0.159. The summed E-state index contributed by atoms with van der Waals surface area (Å²) < 4.78 is 12.3. The van der Waals surface area contributed by atoms with E-state index in [1.807, 2.05) is 24.3 Å². The molecule has 2 rings (SSSR count). The minimum absolute atomic E-state index is 0.605. The molecule has 0 aliphatic carbocycles. The Morgan fingerprint density at radius 1 is 1.15 bits per heavy atom. The summed E-state index contributed by atoms with van der Waals surface area (Å²) in [5.74, 6) is -1.87. The molecule has 0 bridgehead atoms. The van der Waals surface area contributed by atoms with Crippen LogP contribution in [-0.2, 0) is 14.3 Å². The maximum absolute atomic E-state index is 9.10. The van der Waals surface area contributed by atoms with Gasteiger partial charge in [0.1, 0.15) is 12.4 Å². The van der Waals surface area contributed by atoms with Gasteiger partial charge in [-0.25, -0.2) is 9.59 Å². The lowest BCUT2D eigenvalue weighted by atomic mass is 9.99. The van der Waals surface area contributed by atoms with Crippen molar-refractivity contribution in [3.63, 3.8) is 0 Å². The van der Waals surface area contributed by atoms with Crippen LogP contribution in [0.1, 0.15) is 19.8 Å². The third kappa shape index (κ3) is 10.4. The molecule has 8 heteroatoms. The summed E-state index contributed by atoms with van der Waals surface area (Å²) in [6, 6.07) is 7.88. The first-order valence-corrected chi connectivity index (χ1v) is 9.32. The third-order valence-electron chi connectivity index (χ3n) is 3.90. The van der Waals surface area contributed by atoms with Crippen LogP contribution in [0.4, 0.5) is 0 Å². The van der Waals surface area contributed by atoms with Crippen molar-refractivity contribution in [1.29, 1.82) is 0 Å². The van der Waals surface area contributed by atoms with Gasteiger partial charge in [0.05, 0.1) is 13.2 Å². The highest BCUT2D eigenvalue weighted by Crippen LogP contribution is 2.17. The van der Waals surface area contributed by atoms with E-state index >= 15 is 0 Å². The summed E-state index contributed by atoms with van der Waals surface area (Å²) in [5, 5.41) is 14.8. The zero-order chi connectivity index (χ0) is 19.4. The zero-order valence-electron chi connectivity index (χ0n) is 14.9. The normalized spacial score (nSPS) is 15.0. The number of rotatable bonds is 7. The fourth-order valence-electron chi connectivity index (χ4n) is 2.36. The second-order valence-corrected chi connectivity index (χ2v) is 6.97. The van der Waals surface area contributed by atoms with Crippen LogP contribution in [0.3, 0.4) is 0 Å². The second-order valence-electron chi connectivity index (χ2n) is 6.05. The number of ether oxygens (including phenoxy) is 2. The van der Waals surface area contributed by atoms with Gasteiger partial charge in [0, 0.05) is 11.0 Å². The Kier molecular flexibility index (Phi) is 10.9. The Morgan fingerprint density at radius 3 is 2.38 bits per heavy atom. The topological polar surface area (TPSA) is 96.3 Å². The standard InChI is InChI=1S/C16H24BrNO2.C2H2O4/c1-14-5-7-18(8-6-14)9-10-19-11-12-20-16-4-2-3-15(17)13-16;3-1(4)2(5)6/h2-4,13-14H,5-12H2,1H3;(H,3,4)(H,5,6). The van der Waals surface area contributed by atoms with Gasteiger partial charge in [0.2, 0.25) is 0 Å². The first kappa shape index (κ1) is 22.4. The first-order valence-electron chi connectivity index (χ1n) is 8.53. The number of hydrogen-bond acceptors (Lipinski definition) is 5. The molecular formula is C18H26BrNO6. The predicted octanol–water partition coefficient (Wildman–Crippen LogP) is 2.73. The monoisotopic (exact) mass is 431 g/mol. The van der Waals surface area contributed by atoms with E-state index in [9.17, 15) is 0 Å². The molecule has 1 fully saturated rings. The summed E-state index contributed by atoms with van der Waals surface area (Å²) >= 11 is 3.43. The number of likely N-dealkylation sites (tertiary alicyclic amines) is 1. The molecule has 0 atom stereocenters. The lowest BCUT2D eigenvalue weighted by Crippen LogP contribution is -2.35. The molecule has 0 radical (unpaired) electrons. The van der Waals surface area contributed by atoms with Crippen LogP contribution >= 0.6 is 15.9 Å². The molecule has 1 aliphatic rings. The van der Waals surface area contributed by atoms with E-state index in [1.165, 1.54) is 25.9 Å². The van der Waals surface area contributed by atoms with Crippen LogP contribution in [0, 0.1) is 5.92 Å². The molecule has 26 heavy (non-hydrogen) atoms. The van der Waals surface area contributed by atoms with Crippen molar-refractivity contribution in [2.24, 2.45) is 5.92 Å². The average molecular weight is 432 g/mol. The number of piperidine rings is 1. The SMILES string of the molecule is CC1CCN(CCOCCOc2cccc(Br)c2)CC1.O=C(O)C(=O)O. The maximum Gasteiger partial charge on any atom is 0.414 e. The van der Waals surface area contributed by atoms with E-state index in [0.717, 1.165) is 29.3 Å². The Bertz CT molecular complexity index is 548. The van der Waals surface area contributed by atoms with Crippen LogP contribution in [0.15, 0.2) is 28.7 Å². The van der Waals surface area contributed by atoms with Crippen molar-refractivity contribution in [1.82, 2.24) is 4.90 Å². The summed E-state index contributed by atoms with van der Waals surface area (Å²) in [4.78, 5) is 20.7. The van der Waals surface area contributed by atoms with E-state index < -0.39 is 11.9 Å². The minimum Gasteiger partial charge on any atom is -0.491 e. The number of carboxylic acid groups (broad SMARTS) is 2. The Morgan fingerprint density at radius 2 is 1.81 bits per heavy atom. The largest absolute Gasteiger partial charge is 0.491 e. The predicted molar refractivity (Wildman–Crippen MR) is 101 cm³/mol. The molecule has 1 aromatic rings. The van der Waals surface area contributed by atoms with Crippen LogP contribution in [0.2, 0.25) is 0 Å². The second kappa shape index (κ2) is 12.7. The van der Waals surface area contributed by atoms with Gasteiger partial charge in [-0.05, 0) is 50.0 Å². The molecule has 7 nitrogen and oxygen atoms in total. The number of halogens is 1. The van der Waals surface area contributed by atoms with Crippen LogP contribution in [0.25, 0.3) is 0 Å². The van der Waals surface area contributed by atoms with Crippen molar-refractivity contribution in [3.05, 3.63) is 28.7 Å². The van der Waals surface area contributed by atoms with Gasteiger partial charge >= 0.3 is 11.9 Å². The number of carbonyl (C=O) groups is 2. The fraction of sp³-hybridized carbons (Fsp3) is 0.556. The van der Waals surface area contributed by atoms with Crippen LogP contribution in [0.5, 0.6) is 5.75 Å². The van der Waals surface area contributed by atoms with Gasteiger partial charge in [0.15, 0.2) is 0 Å². The Balaban J connectivity index is 0.000000487. The maximum atomic E-state index is 9.10. The molecule has 0 aromatic heterocycles. The Hall–Kier alpha value is -1.64. The van der Waals surface area contributed by atoms with Gasteiger partial charge in [-0.1, -0.05) is 28.9 Å². The van der Waals surface area contributed by atoms with E-state index in [-0.39, 0.29) is 0 Å². The summed E-state index contributed by atoms with van der Waals surface area (Å²) in [7, 11) is 0. The molecule has 0 spiro atoms. The molecule has 2 N–H and O–H groups in total. The van der Waals surface area contributed by atoms with Gasteiger partial charge < -0.3 is 24.6 Å². The highest BCUT2D eigenvalue weighted by atomic mass is 79.9. The van der Waals surface area contributed by atoms with Gasteiger partial charge in [-0.15, -0.1) is 0 Å². The highest BCUT2D eigenvalue weighted by molar-refractivity contribution is 9.10. The molecule has 1 saturated heterocycles. The van der Waals surface area contributed by atoms with E-state index in [2.05, 4.69) is 27.8 Å². The van der Waals surface area contributed by atoms with Gasteiger partial charge in [-0.3, -0.25) is 0 Å². The number of carboxylic acids is 2. The molecule has 146 valence electrons.